The van der Waals surface area contributed by atoms with E-state index in [0.29, 0.717) is 5.92 Å². The molecule has 1 aromatic carbocycles. The van der Waals surface area contributed by atoms with Gasteiger partial charge in [0.2, 0.25) is 5.91 Å². The van der Waals surface area contributed by atoms with Gasteiger partial charge in [-0.25, -0.2) is 0 Å². The third kappa shape index (κ3) is 3.70. The van der Waals surface area contributed by atoms with Crippen molar-refractivity contribution >= 4 is 12.0 Å². The molecule has 3 heteroatoms. The summed E-state index contributed by atoms with van der Waals surface area (Å²) in [6, 6.07) is 6.27. The maximum Gasteiger partial charge on any atom is 0.246 e. The number of piperidine rings is 1. The number of aryl methyl sites for hydroxylation is 2. The number of nitrogens with two attached hydrogens (primary N) is 1. The number of benzene rings is 1. The van der Waals surface area contributed by atoms with Crippen LogP contribution >= 0.6 is 0 Å². The van der Waals surface area contributed by atoms with Crippen LogP contribution in [0.15, 0.2) is 24.3 Å². The van der Waals surface area contributed by atoms with Gasteiger partial charge in [0.05, 0.1) is 0 Å². The monoisotopic (exact) mass is 272 g/mol. The minimum atomic E-state index is 0.112. The first-order valence-corrected chi connectivity index (χ1v) is 7.34. The van der Waals surface area contributed by atoms with Gasteiger partial charge in [0.1, 0.15) is 0 Å². The predicted octanol–water partition coefficient (Wildman–Crippen LogP) is 2.51. The molecule has 2 rings (SSSR count). The van der Waals surface area contributed by atoms with Gasteiger partial charge in [-0.05, 0) is 56.4 Å². The first kappa shape index (κ1) is 14.8. The molecule has 1 heterocycles. The van der Waals surface area contributed by atoms with Crippen LogP contribution in [0.3, 0.4) is 0 Å². The standard InChI is InChI=1S/C17H24N2O/c1-13-3-4-16(14(2)11-13)5-6-17(20)19-9-7-15(12-18)8-10-19/h3-6,11,15H,7-10,12,18H2,1-2H3. The lowest BCUT2D eigenvalue weighted by Gasteiger charge is -2.30. The van der Waals surface area contributed by atoms with Crippen LogP contribution in [0, 0.1) is 19.8 Å². The number of rotatable bonds is 3. The van der Waals surface area contributed by atoms with Crippen molar-refractivity contribution < 1.29 is 4.79 Å². The van der Waals surface area contributed by atoms with E-state index in [0.717, 1.165) is 38.0 Å². The maximum atomic E-state index is 12.2. The van der Waals surface area contributed by atoms with Crippen molar-refractivity contribution in [1.82, 2.24) is 4.90 Å². The van der Waals surface area contributed by atoms with Gasteiger partial charge in [-0.1, -0.05) is 23.8 Å². The van der Waals surface area contributed by atoms with Crippen molar-refractivity contribution in [3.8, 4) is 0 Å². The molecule has 1 saturated heterocycles. The summed E-state index contributed by atoms with van der Waals surface area (Å²) in [6.45, 7) is 6.55. The van der Waals surface area contributed by atoms with E-state index in [1.807, 2.05) is 11.0 Å². The smallest absolute Gasteiger partial charge is 0.246 e. The van der Waals surface area contributed by atoms with Crippen molar-refractivity contribution in [3.05, 3.63) is 41.0 Å². The fourth-order valence-electron chi connectivity index (χ4n) is 2.67. The Kier molecular flexibility index (Phi) is 4.96. The van der Waals surface area contributed by atoms with Crippen LogP contribution < -0.4 is 5.73 Å². The molecule has 0 radical (unpaired) electrons. The Morgan fingerprint density at radius 2 is 2.05 bits per heavy atom. The van der Waals surface area contributed by atoms with Gasteiger partial charge in [0.25, 0.3) is 0 Å². The molecule has 0 aliphatic carbocycles. The minimum Gasteiger partial charge on any atom is -0.339 e. The molecule has 0 atom stereocenters. The molecule has 0 unspecified atom stereocenters. The highest BCUT2D eigenvalue weighted by atomic mass is 16.2. The molecule has 0 spiro atoms. The first-order chi connectivity index (χ1) is 9.60. The molecule has 108 valence electrons. The van der Waals surface area contributed by atoms with Gasteiger partial charge in [0.15, 0.2) is 0 Å². The zero-order chi connectivity index (χ0) is 14.5. The summed E-state index contributed by atoms with van der Waals surface area (Å²) in [5, 5.41) is 0. The van der Waals surface area contributed by atoms with E-state index in [2.05, 4.69) is 32.0 Å². The molecule has 1 aliphatic rings. The molecular weight excluding hydrogens is 248 g/mol. The SMILES string of the molecule is Cc1ccc(C=CC(=O)N2CCC(CN)CC2)c(C)c1. The molecular formula is C17H24N2O. The number of nitrogens with zero attached hydrogens (tertiary/aromatic N) is 1. The number of carbonyl (C=O) groups is 1. The van der Waals surface area contributed by atoms with E-state index < -0.39 is 0 Å². The zero-order valence-electron chi connectivity index (χ0n) is 12.4. The largest absolute Gasteiger partial charge is 0.339 e. The lowest BCUT2D eigenvalue weighted by molar-refractivity contribution is -0.127. The lowest BCUT2D eigenvalue weighted by atomic mass is 9.97. The summed E-state index contributed by atoms with van der Waals surface area (Å²) >= 11 is 0. The van der Waals surface area contributed by atoms with Gasteiger partial charge >= 0.3 is 0 Å². The van der Waals surface area contributed by atoms with Gasteiger partial charge < -0.3 is 10.6 Å². The normalized spacial score (nSPS) is 16.9. The Morgan fingerprint density at radius 3 is 2.65 bits per heavy atom. The molecule has 0 bridgehead atoms. The van der Waals surface area contributed by atoms with Crippen LogP contribution in [0.5, 0.6) is 0 Å². The molecule has 0 saturated carbocycles. The quantitative estimate of drug-likeness (QED) is 0.859. The fourth-order valence-corrected chi connectivity index (χ4v) is 2.67. The molecule has 0 aromatic heterocycles. The van der Waals surface area contributed by atoms with Crippen LogP contribution in [-0.4, -0.2) is 30.4 Å². The second-order valence-electron chi connectivity index (χ2n) is 5.70. The van der Waals surface area contributed by atoms with Gasteiger partial charge in [0, 0.05) is 19.2 Å². The Morgan fingerprint density at radius 1 is 1.35 bits per heavy atom. The van der Waals surface area contributed by atoms with Gasteiger partial charge in [-0.3, -0.25) is 4.79 Å². The topological polar surface area (TPSA) is 46.3 Å². The van der Waals surface area contributed by atoms with Crippen molar-refractivity contribution in [1.29, 1.82) is 0 Å². The van der Waals surface area contributed by atoms with Crippen LogP contribution in [0.2, 0.25) is 0 Å². The first-order valence-electron chi connectivity index (χ1n) is 7.34. The lowest BCUT2D eigenvalue weighted by Crippen LogP contribution is -2.39. The number of hydrogen-bond donors (Lipinski definition) is 1. The second kappa shape index (κ2) is 6.71. The van der Waals surface area contributed by atoms with Crippen molar-refractivity contribution in [2.24, 2.45) is 11.7 Å². The summed E-state index contributed by atoms with van der Waals surface area (Å²) in [6.07, 6.45) is 5.67. The molecule has 1 amide bonds. The summed E-state index contributed by atoms with van der Waals surface area (Å²) in [4.78, 5) is 14.1. The minimum absolute atomic E-state index is 0.112. The second-order valence-corrected chi connectivity index (χ2v) is 5.70. The molecule has 1 aromatic rings. The highest BCUT2D eigenvalue weighted by molar-refractivity contribution is 5.92. The number of amides is 1. The summed E-state index contributed by atoms with van der Waals surface area (Å²) in [7, 11) is 0. The Bertz CT molecular complexity index is 500. The molecule has 1 aliphatic heterocycles. The van der Waals surface area contributed by atoms with Crippen LogP contribution in [0.4, 0.5) is 0 Å². The average molecular weight is 272 g/mol. The van der Waals surface area contributed by atoms with E-state index in [4.69, 9.17) is 5.73 Å². The highest BCUT2D eigenvalue weighted by Gasteiger charge is 2.20. The molecule has 1 fully saturated rings. The highest BCUT2D eigenvalue weighted by Crippen LogP contribution is 2.17. The van der Waals surface area contributed by atoms with E-state index in [1.54, 1.807) is 6.08 Å². The molecule has 2 N–H and O–H groups in total. The Hall–Kier alpha value is -1.61. The average Bonchev–Trinajstić information content (AvgIpc) is 2.46. The zero-order valence-corrected chi connectivity index (χ0v) is 12.4. The summed E-state index contributed by atoms with van der Waals surface area (Å²) in [5.74, 6) is 0.697. The summed E-state index contributed by atoms with van der Waals surface area (Å²) < 4.78 is 0. The van der Waals surface area contributed by atoms with Crippen molar-refractivity contribution in [2.45, 2.75) is 26.7 Å². The fraction of sp³-hybridized carbons (Fsp3) is 0.471. The van der Waals surface area contributed by atoms with Crippen LogP contribution in [0.1, 0.15) is 29.5 Å². The predicted molar refractivity (Wildman–Crippen MR) is 83.3 cm³/mol. The van der Waals surface area contributed by atoms with Gasteiger partial charge in [-0.2, -0.15) is 0 Å². The van der Waals surface area contributed by atoms with E-state index in [9.17, 15) is 4.79 Å². The van der Waals surface area contributed by atoms with Crippen LogP contribution in [-0.2, 0) is 4.79 Å². The number of carbonyl (C=O) groups excluding carboxylic acids is 1. The van der Waals surface area contributed by atoms with Gasteiger partial charge in [-0.15, -0.1) is 0 Å². The van der Waals surface area contributed by atoms with E-state index in [1.165, 1.54) is 11.1 Å². The van der Waals surface area contributed by atoms with E-state index in [-0.39, 0.29) is 5.91 Å². The summed E-state index contributed by atoms with van der Waals surface area (Å²) in [5.41, 5.74) is 9.23. The maximum absolute atomic E-state index is 12.2. The van der Waals surface area contributed by atoms with Crippen molar-refractivity contribution in [2.75, 3.05) is 19.6 Å². The Balaban J connectivity index is 1.96. The molecule has 3 nitrogen and oxygen atoms in total. The number of hydrogen-bond acceptors (Lipinski definition) is 2. The third-order valence-electron chi connectivity index (χ3n) is 4.09. The van der Waals surface area contributed by atoms with E-state index >= 15 is 0 Å². The van der Waals surface area contributed by atoms with Crippen molar-refractivity contribution in [3.63, 3.8) is 0 Å². The molecule has 20 heavy (non-hydrogen) atoms. The third-order valence-corrected chi connectivity index (χ3v) is 4.09. The van der Waals surface area contributed by atoms with Crippen LogP contribution in [0.25, 0.3) is 6.08 Å². The Labute approximate surface area is 121 Å². The number of likely N-dealkylation sites (tertiary alicyclic amines) is 1.